The summed E-state index contributed by atoms with van der Waals surface area (Å²) in [6.07, 6.45) is -3.56. The first-order valence-electron chi connectivity index (χ1n) is 9.83. The first-order valence-corrected chi connectivity index (χ1v) is 9.83. The summed E-state index contributed by atoms with van der Waals surface area (Å²) >= 11 is 0. The molecule has 1 heterocycles. The Balaban J connectivity index is 1.75. The van der Waals surface area contributed by atoms with E-state index in [0.29, 0.717) is 42.9 Å². The number of aryl methyl sites for hydroxylation is 1. The molecule has 2 fully saturated rings. The number of carbonyl (C=O) groups excluding carboxylic acids is 2. The highest BCUT2D eigenvalue weighted by Gasteiger charge is 2.41. The number of carbonyl (C=O) groups is 2. The van der Waals surface area contributed by atoms with Gasteiger partial charge in [-0.1, -0.05) is 0 Å². The molecule has 6 nitrogen and oxygen atoms in total. The highest BCUT2D eigenvalue weighted by Crippen LogP contribution is 2.37. The van der Waals surface area contributed by atoms with Crippen molar-refractivity contribution in [3.05, 3.63) is 23.3 Å². The van der Waals surface area contributed by atoms with Gasteiger partial charge in [0.05, 0.1) is 23.7 Å². The molecule has 0 bridgehead atoms. The van der Waals surface area contributed by atoms with Gasteiger partial charge in [-0.2, -0.15) is 13.2 Å². The Bertz CT molecular complexity index is 789. The van der Waals surface area contributed by atoms with Crippen molar-refractivity contribution in [1.29, 1.82) is 0 Å². The molecule has 1 saturated carbocycles. The average Bonchev–Trinajstić information content (AvgIpc) is 2.65. The van der Waals surface area contributed by atoms with E-state index in [1.54, 1.807) is 24.1 Å². The van der Waals surface area contributed by atoms with Crippen LogP contribution in [0, 0.1) is 12.8 Å². The number of benzene rings is 1. The number of likely N-dealkylation sites (N-methyl/N-ethyl adjacent to an activating group) is 1. The zero-order valence-electron chi connectivity index (χ0n) is 16.7. The van der Waals surface area contributed by atoms with Crippen molar-refractivity contribution in [2.75, 3.05) is 37.3 Å². The highest BCUT2D eigenvalue weighted by atomic mass is 19.4. The Morgan fingerprint density at radius 1 is 1.17 bits per heavy atom. The lowest BCUT2D eigenvalue weighted by Gasteiger charge is -2.35. The minimum absolute atomic E-state index is 0.0182. The molecule has 29 heavy (non-hydrogen) atoms. The van der Waals surface area contributed by atoms with Crippen LogP contribution in [0.25, 0.3) is 0 Å². The van der Waals surface area contributed by atoms with Crippen molar-refractivity contribution < 1.29 is 22.8 Å². The zero-order valence-corrected chi connectivity index (χ0v) is 16.7. The zero-order chi connectivity index (χ0) is 21.3. The van der Waals surface area contributed by atoms with E-state index in [9.17, 15) is 22.8 Å². The number of nitrogens with zero attached hydrogens (tertiary/aromatic N) is 2. The third-order valence-corrected chi connectivity index (χ3v) is 5.95. The molecule has 0 aromatic heterocycles. The van der Waals surface area contributed by atoms with E-state index in [1.165, 1.54) is 0 Å². The van der Waals surface area contributed by atoms with Crippen LogP contribution in [0.2, 0.25) is 0 Å². The van der Waals surface area contributed by atoms with Crippen LogP contribution in [0.3, 0.4) is 0 Å². The van der Waals surface area contributed by atoms with Gasteiger partial charge in [0.25, 0.3) is 5.91 Å². The largest absolute Gasteiger partial charge is 0.398 e. The van der Waals surface area contributed by atoms with Crippen LogP contribution in [0.15, 0.2) is 12.1 Å². The topological polar surface area (TPSA) is 78.7 Å². The van der Waals surface area contributed by atoms with Gasteiger partial charge in [0.2, 0.25) is 5.91 Å². The summed E-state index contributed by atoms with van der Waals surface area (Å²) in [7, 11) is 1.73. The number of hydrogen-bond donors (Lipinski definition) is 2. The predicted molar refractivity (Wildman–Crippen MR) is 105 cm³/mol. The Labute approximate surface area is 168 Å². The predicted octanol–water partition coefficient (Wildman–Crippen LogP) is 2.71. The molecule has 0 spiro atoms. The van der Waals surface area contributed by atoms with Crippen LogP contribution < -0.4 is 16.0 Å². The monoisotopic (exact) mass is 412 g/mol. The molecule has 0 radical (unpaired) electrons. The summed E-state index contributed by atoms with van der Waals surface area (Å²) in [6, 6.07) is 3.08. The normalized spacial score (nSPS) is 23.3. The Morgan fingerprint density at radius 2 is 1.83 bits per heavy atom. The molecule has 1 aliphatic carbocycles. The number of amides is 2. The van der Waals surface area contributed by atoms with Gasteiger partial charge in [0.15, 0.2) is 0 Å². The second-order valence-electron chi connectivity index (χ2n) is 8.03. The number of piperazine rings is 1. The van der Waals surface area contributed by atoms with E-state index in [-0.39, 0.29) is 37.2 Å². The van der Waals surface area contributed by atoms with Crippen LogP contribution >= 0.6 is 0 Å². The van der Waals surface area contributed by atoms with E-state index in [4.69, 9.17) is 5.73 Å². The van der Waals surface area contributed by atoms with Crippen LogP contribution in [0.4, 0.5) is 24.5 Å². The van der Waals surface area contributed by atoms with E-state index in [0.717, 1.165) is 5.56 Å². The maximum absolute atomic E-state index is 13.0. The maximum Gasteiger partial charge on any atom is 0.391 e. The van der Waals surface area contributed by atoms with E-state index in [1.807, 2.05) is 11.8 Å². The molecule has 1 aliphatic heterocycles. The molecule has 0 atom stereocenters. The van der Waals surface area contributed by atoms with Crippen molar-refractivity contribution >= 4 is 23.2 Å². The second-order valence-corrected chi connectivity index (χ2v) is 8.03. The number of alkyl halides is 3. The summed E-state index contributed by atoms with van der Waals surface area (Å²) in [5, 5.41) is 2.87. The molecule has 1 aromatic carbocycles. The first-order chi connectivity index (χ1) is 13.6. The number of nitrogen functional groups attached to an aromatic ring is 1. The third kappa shape index (κ3) is 4.76. The minimum atomic E-state index is -4.18. The minimum Gasteiger partial charge on any atom is -0.398 e. The van der Waals surface area contributed by atoms with E-state index in [2.05, 4.69) is 5.32 Å². The molecule has 1 aromatic rings. The molecule has 9 heteroatoms. The molecule has 160 valence electrons. The van der Waals surface area contributed by atoms with Crippen molar-refractivity contribution in [3.8, 4) is 0 Å². The van der Waals surface area contributed by atoms with Crippen LogP contribution in [-0.4, -0.2) is 55.6 Å². The number of rotatable bonds is 3. The average molecular weight is 412 g/mol. The Hall–Kier alpha value is -2.45. The van der Waals surface area contributed by atoms with Gasteiger partial charge < -0.3 is 20.9 Å². The number of nitrogens with one attached hydrogen (secondary N) is 1. The maximum atomic E-state index is 13.0. The lowest BCUT2D eigenvalue weighted by atomic mass is 9.85. The molecule has 2 aliphatic rings. The van der Waals surface area contributed by atoms with Gasteiger partial charge in [-0.3, -0.25) is 9.59 Å². The van der Waals surface area contributed by atoms with Gasteiger partial charge in [0.1, 0.15) is 0 Å². The fourth-order valence-electron chi connectivity index (χ4n) is 3.95. The molecule has 3 rings (SSSR count). The van der Waals surface area contributed by atoms with Gasteiger partial charge in [0, 0.05) is 31.9 Å². The van der Waals surface area contributed by atoms with E-state index < -0.39 is 12.1 Å². The fraction of sp³-hybridized carbons (Fsp3) is 0.600. The molecule has 3 N–H and O–H groups in total. The number of halogens is 3. The van der Waals surface area contributed by atoms with Crippen molar-refractivity contribution in [3.63, 3.8) is 0 Å². The smallest absolute Gasteiger partial charge is 0.391 e. The summed E-state index contributed by atoms with van der Waals surface area (Å²) < 4.78 is 38.6. The first kappa shape index (κ1) is 21.3. The lowest BCUT2D eigenvalue weighted by molar-refractivity contribution is -0.182. The molecule has 1 saturated heterocycles. The fourth-order valence-corrected chi connectivity index (χ4v) is 3.95. The Kier molecular flexibility index (Phi) is 5.95. The molecule has 2 amide bonds. The second kappa shape index (κ2) is 8.12. The lowest BCUT2D eigenvalue weighted by Crippen LogP contribution is -2.49. The quantitative estimate of drug-likeness (QED) is 0.749. The molecular weight excluding hydrogens is 385 g/mol. The van der Waals surface area contributed by atoms with E-state index >= 15 is 0 Å². The van der Waals surface area contributed by atoms with Gasteiger partial charge in [-0.05, 0) is 50.3 Å². The standard InChI is InChI=1S/C20H27F3N4O2/c1-12-9-17(27-8-7-26(2)18(28)11-27)15(10-16(12)24)19(29)25-14-5-3-13(4-6-14)20(21,22)23/h9-10,13-14H,3-8,11,24H2,1-2H3,(H,25,29). The Morgan fingerprint density at radius 3 is 2.41 bits per heavy atom. The summed E-state index contributed by atoms with van der Waals surface area (Å²) in [5.41, 5.74) is 8.24. The highest BCUT2D eigenvalue weighted by molar-refractivity contribution is 6.02. The summed E-state index contributed by atoms with van der Waals surface area (Å²) in [4.78, 5) is 28.5. The molecule has 0 unspecified atom stereocenters. The van der Waals surface area contributed by atoms with Crippen molar-refractivity contribution in [1.82, 2.24) is 10.2 Å². The van der Waals surface area contributed by atoms with Crippen LogP contribution in [0.5, 0.6) is 0 Å². The third-order valence-electron chi connectivity index (χ3n) is 5.95. The van der Waals surface area contributed by atoms with Crippen LogP contribution in [-0.2, 0) is 4.79 Å². The number of nitrogens with two attached hydrogens (primary N) is 1. The van der Waals surface area contributed by atoms with Gasteiger partial charge >= 0.3 is 6.18 Å². The molecular formula is C20H27F3N4O2. The van der Waals surface area contributed by atoms with Gasteiger partial charge in [-0.15, -0.1) is 0 Å². The SMILES string of the molecule is Cc1cc(N2CCN(C)C(=O)C2)c(C(=O)NC2CCC(C(F)(F)F)CC2)cc1N. The summed E-state index contributed by atoms with van der Waals surface area (Å²) in [6.45, 7) is 3.13. The van der Waals surface area contributed by atoms with Crippen molar-refractivity contribution in [2.24, 2.45) is 5.92 Å². The summed E-state index contributed by atoms with van der Waals surface area (Å²) in [5.74, 6) is -1.70. The number of hydrogen-bond acceptors (Lipinski definition) is 4. The van der Waals surface area contributed by atoms with Gasteiger partial charge in [-0.25, -0.2) is 0 Å². The van der Waals surface area contributed by atoms with Crippen molar-refractivity contribution in [2.45, 2.75) is 44.8 Å². The number of anilines is 2. The van der Waals surface area contributed by atoms with Crippen LogP contribution in [0.1, 0.15) is 41.6 Å².